The van der Waals surface area contributed by atoms with Crippen LogP contribution in [0.3, 0.4) is 0 Å². The molecule has 0 saturated heterocycles. The van der Waals surface area contributed by atoms with Crippen molar-refractivity contribution in [3.63, 3.8) is 0 Å². The van der Waals surface area contributed by atoms with Gasteiger partial charge in [-0.1, -0.05) is 32.6 Å². The van der Waals surface area contributed by atoms with Crippen LogP contribution in [0.4, 0.5) is 5.69 Å². The van der Waals surface area contributed by atoms with E-state index in [0.717, 1.165) is 35.7 Å². The van der Waals surface area contributed by atoms with Crippen LogP contribution in [-0.4, -0.2) is 18.3 Å². The van der Waals surface area contributed by atoms with Gasteiger partial charge in [0.05, 0.1) is 18.6 Å². The number of hydrogen-bond donors (Lipinski definition) is 0. The Kier molecular flexibility index (Phi) is 9.52. The van der Waals surface area contributed by atoms with Gasteiger partial charge >= 0.3 is 5.97 Å². The van der Waals surface area contributed by atoms with Crippen molar-refractivity contribution in [2.24, 2.45) is 4.99 Å². The van der Waals surface area contributed by atoms with E-state index in [9.17, 15) is 4.79 Å². The van der Waals surface area contributed by atoms with Crippen molar-refractivity contribution in [3.05, 3.63) is 84.3 Å². The summed E-state index contributed by atoms with van der Waals surface area (Å²) in [6.07, 6.45) is 10.6. The van der Waals surface area contributed by atoms with Gasteiger partial charge in [0.1, 0.15) is 17.3 Å². The minimum Gasteiger partial charge on any atom is -0.494 e. The first kappa shape index (κ1) is 24.1. The molecular formula is C28H31NO4. The summed E-state index contributed by atoms with van der Waals surface area (Å²) in [6.45, 7) is 4.92. The van der Waals surface area contributed by atoms with Crippen LogP contribution in [0.5, 0.6) is 11.5 Å². The summed E-state index contributed by atoms with van der Waals surface area (Å²) in [6, 6.07) is 18.6. The van der Waals surface area contributed by atoms with E-state index in [1.54, 1.807) is 36.6 Å². The quantitative estimate of drug-likeness (QED) is 0.0959. The molecule has 0 aliphatic rings. The Morgan fingerprint density at radius 1 is 0.939 bits per heavy atom. The van der Waals surface area contributed by atoms with Crippen molar-refractivity contribution < 1.29 is 18.7 Å². The maximum Gasteiger partial charge on any atom is 0.336 e. The molecule has 1 aromatic heterocycles. The predicted molar refractivity (Wildman–Crippen MR) is 132 cm³/mol. The van der Waals surface area contributed by atoms with E-state index in [1.807, 2.05) is 43.3 Å². The molecule has 1 heterocycles. The number of benzene rings is 2. The number of carbonyl (C=O) groups excluding carboxylic acids is 1. The first-order valence-corrected chi connectivity index (χ1v) is 11.5. The standard InChI is InChI=1S/C28H31NO4/c1-3-4-5-6-7-20-31-26-16-12-24(13-17-26)29-22(2)23-10-14-27(15-11-23)33-28(30)19-18-25-9-8-21-32-25/h8-19,21H,3-7,20H2,1-2H3/b19-18+,29-22?. The molecule has 0 unspecified atom stereocenters. The van der Waals surface area contributed by atoms with E-state index in [4.69, 9.17) is 13.9 Å². The van der Waals surface area contributed by atoms with Gasteiger partial charge in [-0.05, 0) is 85.6 Å². The summed E-state index contributed by atoms with van der Waals surface area (Å²) < 4.78 is 16.3. The van der Waals surface area contributed by atoms with Crippen molar-refractivity contribution in [3.8, 4) is 11.5 Å². The lowest BCUT2D eigenvalue weighted by Crippen LogP contribution is -2.04. The number of aliphatic imine (C=N–C) groups is 1. The van der Waals surface area contributed by atoms with Gasteiger partial charge in [0.15, 0.2) is 0 Å². The number of nitrogens with zero attached hydrogens (tertiary/aromatic N) is 1. The van der Waals surface area contributed by atoms with E-state index in [1.165, 1.54) is 31.8 Å². The van der Waals surface area contributed by atoms with Crippen molar-refractivity contribution >= 4 is 23.4 Å². The number of hydrogen-bond acceptors (Lipinski definition) is 5. The molecular weight excluding hydrogens is 414 g/mol. The summed E-state index contributed by atoms with van der Waals surface area (Å²) in [5, 5.41) is 0. The molecule has 0 N–H and O–H groups in total. The lowest BCUT2D eigenvalue weighted by atomic mass is 10.1. The molecule has 0 saturated carbocycles. The van der Waals surface area contributed by atoms with Crippen molar-refractivity contribution in [1.29, 1.82) is 0 Å². The second-order valence-corrected chi connectivity index (χ2v) is 7.75. The third-order valence-corrected chi connectivity index (χ3v) is 5.07. The zero-order chi connectivity index (χ0) is 23.3. The number of unbranched alkanes of at least 4 members (excludes halogenated alkanes) is 4. The fourth-order valence-electron chi connectivity index (χ4n) is 3.22. The highest BCUT2D eigenvalue weighted by atomic mass is 16.5. The molecule has 0 aliphatic heterocycles. The zero-order valence-electron chi connectivity index (χ0n) is 19.3. The Bertz CT molecular complexity index is 1030. The zero-order valence-corrected chi connectivity index (χ0v) is 19.3. The molecule has 0 spiro atoms. The highest BCUT2D eigenvalue weighted by Crippen LogP contribution is 2.21. The molecule has 0 fully saturated rings. The average molecular weight is 446 g/mol. The van der Waals surface area contributed by atoms with Crippen molar-refractivity contribution in [2.75, 3.05) is 6.61 Å². The minimum absolute atomic E-state index is 0.465. The lowest BCUT2D eigenvalue weighted by Gasteiger charge is -2.07. The molecule has 33 heavy (non-hydrogen) atoms. The first-order chi connectivity index (χ1) is 16.1. The second kappa shape index (κ2) is 13.1. The van der Waals surface area contributed by atoms with Gasteiger partial charge in [0.25, 0.3) is 0 Å². The fraction of sp³-hybridized carbons (Fsp3) is 0.286. The maximum absolute atomic E-state index is 11.9. The van der Waals surface area contributed by atoms with E-state index in [2.05, 4.69) is 11.9 Å². The fourth-order valence-corrected chi connectivity index (χ4v) is 3.22. The third kappa shape index (κ3) is 8.45. The summed E-state index contributed by atoms with van der Waals surface area (Å²) in [5.41, 5.74) is 2.69. The highest BCUT2D eigenvalue weighted by molar-refractivity contribution is 6.00. The van der Waals surface area contributed by atoms with Gasteiger partial charge in [-0.15, -0.1) is 0 Å². The predicted octanol–water partition coefficient (Wildman–Crippen LogP) is 7.39. The van der Waals surface area contributed by atoms with Gasteiger partial charge in [-0.3, -0.25) is 4.99 Å². The molecule has 0 aliphatic carbocycles. The Balaban J connectivity index is 1.49. The molecule has 0 amide bonds. The molecule has 172 valence electrons. The largest absolute Gasteiger partial charge is 0.494 e. The molecule has 0 atom stereocenters. The van der Waals surface area contributed by atoms with E-state index < -0.39 is 5.97 Å². The monoisotopic (exact) mass is 445 g/mol. The molecule has 3 rings (SSSR count). The second-order valence-electron chi connectivity index (χ2n) is 7.75. The topological polar surface area (TPSA) is 61.0 Å². The highest BCUT2D eigenvalue weighted by Gasteiger charge is 2.04. The molecule has 5 nitrogen and oxygen atoms in total. The molecule has 3 aromatic rings. The molecule has 2 aromatic carbocycles. The number of ether oxygens (including phenoxy) is 2. The van der Waals surface area contributed by atoms with Gasteiger partial charge in [0, 0.05) is 11.8 Å². The maximum atomic E-state index is 11.9. The van der Waals surface area contributed by atoms with Crippen LogP contribution in [0.15, 0.2) is 82.4 Å². The minimum atomic E-state index is -0.465. The van der Waals surface area contributed by atoms with Crippen LogP contribution >= 0.6 is 0 Å². The van der Waals surface area contributed by atoms with Crippen LogP contribution in [0, 0.1) is 0 Å². The summed E-state index contributed by atoms with van der Waals surface area (Å²) in [5.74, 6) is 1.47. The normalized spacial score (nSPS) is 11.6. The van der Waals surface area contributed by atoms with Crippen molar-refractivity contribution in [1.82, 2.24) is 0 Å². The van der Waals surface area contributed by atoms with Crippen LogP contribution in [0.25, 0.3) is 6.08 Å². The Morgan fingerprint density at radius 3 is 2.36 bits per heavy atom. The Labute approximate surface area is 195 Å². The van der Waals surface area contributed by atoms with Crippen LogP contribution < -0.4 is 9.47 Å². The lowest BCUT2D eigenvalue weighted by molar-refractivity contribution is -0.128. The van der Waals surface area contributed by atoms with E-state index in [0.29, 0.717) is 11.5 Å². The number of esters is 1. The third-order valence-electron chi connectivity index (χ3n) is 5.07. The van der Waals surface area contributed by atoms with Crippen molar-refractivity contribution in [2.45, 2.75) is 46.0 Å². The van der Waals surface area contributed by atoms with Crippen LogP contribution in [0.1, 0.15) is 57.3 Å². The van der Waals surface area contributed by atoms with Gasteiger partial charge in [0.2, 0.25) is 0 Å². The van der Waals surface area contributed by atoms with Crippen LogP contribution in [-0.2, 0) is 4.79 Å². The van der Waals surface area contributed by atoms with E-state index in [-0.39, 0.29) is 0 Å². The van der Waals surface area contributed by atoms with Gasteiger partial charge < -0.3 is 13.9 Å². The summed E-state index contributed by atoms with van der Waals surface area (Å²) in [7, 11) is 0. The average Bonchev–Trinajstić information content (AvgIpc) is 3.35. The Morgan fingerprint density at radius 2 is 1.67 bits per heavy atom. The first-order valence-electron chi connectivity index (χ1n) is 11.5. The molecule has 0 bridgehead atoms. The van der Waals surface area contributed by atoms with Crippen LogP contribution in [0.2, 0.25) is 0 Å². The number of carbonyl (C=O) groups is 1. The SMILES string of the molecule is CCCCCCCOc1ccc(N=C(C)c2ccc(OC(=O)/C=C/c3ccco3)cc2)cc1. The van der Waals surface area contributed by atoms with Gasteiger partial charge in [-0.25, -0.2) is 4.79 Å². The number of furan rings is 1. The summed E-state index contributed by atoms with van der Waals surface area (Å²) in [4.78, 5) is 16.6. The Hall–Kier alpha value is -3.60. The smallest absolute Gasteiger partial charge is 0.336 e. The van der Waals surface area contributed by atoms with Gasteiger partial charge in [-0.2, -0.15) is 0 Å². The van der Waals surface area contributed by atoms with E-state index >= 15 is 0 Å². The number of rotatable bonds is 12. The summed E-state index contributed by atoms with van der Waals surface area (Å²) >= 11 is 0. The molecule has 0 radical (unpaired) electrons. The molecule has 5 heteroatoms.